The number of halogens is 1. The number of aromatic nitrogens is 1. The minimum atomic E-state index is -0.428. The van der Waals surface area contributed by atoms with Gasteiger partial charge in [-0.2, -0.15) is 0 Å². The second-order valence-corrected chi connectivity index (χ2v) is 8.61. The fourth-order valence-corrected chi connectivity index (χ4v) is 4.24. The SMILES string of the molecule is O=C(Nc1ccc2oc(-c3ccccc3Cl)nc2c1)c1ccc(-c2cc3ccccc3oc2=O)cc1. The molecule has 0 bridgehead atoms. The highest BCUT2D eigenvalue weighted by Gasteiger charge is 2.14. The Balaban J connectivity index is 1.23. The van der Waals surface area contributed by atoms with Crippen LogP contribution >= 0.6 is 11.6 Å². The van der Waals surface area contributed by atoms with Gasteiger partial charge in [0.1, 0.15) is 11.1 Å². The van der Waals surface area contributed by atoms with E-state index in [-0.39, 0.29) is 5.91 Å². The molecule has 0 atom stereocenters. The van der Waals surface area contributed by atoms with Crippen LogP contribution < -0.4 is 10.9 Å². The molecule has 174 valence electrons. The van der Waals surface area contributed by atoms with Crippen LogP contribution in [0, 0.1) is 0 Å². The fraction of sp³-hybridized carbons (Fsp3) is 0. The van der Waals surface area contributed by atoms with Gasteiger partial charge >= 0.3 is 5.63 Å². The molecule has 2 heterocycles. The Bertz CT molecular complexity index is 1820. The first kappa shape index (κ1) is 21.8. The average molecular weight is 493 g/mol. The van der Waals surface area contributed by atoms with E-state index in [1.54, 1.807) is 60.7 Å². The summed E-state index contributed by atoms with van der Waals surface area (Å²) in [6.07, 6.45) is 0. The van der Waals surface area contributed by atoms with Crippen molar-refractivity contribution >= 4 is 45.3 Å². The van der Waals surface area contributed by atoms with E-state index in [1.165, 1.54) is 0 Å². The van der Waals surface area contributed by atoms with Crippen LogP contribution in [0.4, 0.5) is 5.69 Å². The second-order valence-electron chi connectivity index (χ2n) is 8.20. The summed E-state index contributed by atoms with van der Waals surface area (Å²) in [7, 11) is 0. The molecule has 0 aliphatic rings. The van der Waals surface area contributed by atoms with Gasteiger partial charge in [-0.15, -0.1) is 0 Å². The standard InChI is InChI=1S/C29H17ClN2O4/c30-23-7-3-2-6-21(23)28-32-24-16-20(13-14-26(24)35-28)31-27(33)18-11-9-17(10-12-18)22-15-19-5-1-4-8-25(19)36-29(22)34/h1-16H,(H,31,33). The Labute approximate surface area is 209 Å². The zero-order valence-corrected chi connectivity index (χ0v) is 19.5. The van der Waals surface area contributed by atoms with E-state index in [4.69, 9.17) is 20.4 Å². The molecule has 1 amide bonds. The largest absolute Gasteiger partial charge is 0.436 e. The lowest BCUT2D eigenvalue weighted by Gasteiger charge is -2.07. The van der Waals surface area contributed by atoms with Crippen LogP contribution in [0.5, 0.6) is 0 Å². The number of carbonyl (C=O) groups is 1. The summed E-state index contributed by atoms with van der Waals surface area (Å²) in [4.78, 5) is 29.8. The van der Waals surface area contributed by atoms with Crippen molar-refractivity contribution in [3.05, 3.63) is 118 Å². The van der Waals surface area contributed by atoms with Gasteiger partial charge in [0.2, 0.25) is 5.89 Å². The lowest BCUT2D eigenvalue weighted by molar-refractivity contribution is 0.102. The van der Waals surface area contributed by atoms with E-state index < -0.39 is 5.63 Å². The molecule has 0 aliphatic heterocycles. The number of hydrogen-bond acceptors (Lipinski definition) is 5. The maximum absolute atomic E-state index is 12.9. The Morgan fingerprint density at radius 1 is 0.778 bits per heavy atom. The quantitative estimate of drug-likeness (QED) is 0.263. The maximum atomic E-state index is 12.9. The van der Waals surface area contributed by atoms with Gasteiger partial charge in [0.05, 0.1) is 16.1 Å². The van der Waals surface area contributed by atoms with E-state index in [0.717, 1.165) is 5.39 Å². The molecule has 7 heteroatoms. The first-order chi connectivity index (χ1) is 17.5. The number of anilines is 1. The highest BCUT2D eigenvalue weighted by atomic mass is 35.5. The molecule has 0 radical (unpaired) electrons. The number of benzene rings is 4. The van der Waals surface area contributed by atoms with Crippen molar-refractivity contribution in [2.24, 2.45) is 0 Å². The third kappa shape index (κ3) is 4.04. The first-order valence-electron chi connectivity index (χ1n) is 11.2. The number of amides is 1. The van der Waals surface area contributed by atoms with Crippen LogP contribution in [0.3, 0.4) is 0 Å². The van der Waals surface area contributed by atoms with Crippen molar-refractivity contribution in [2.45, 2.75) is 0 Å². The molecule has 0 unspecified atom stereocenters. The molecule has 6 rings (SSSR count). The van der Waals surface area contributed by atoms with Crippen molar-refractivity contribution < 1.29 is 13.6 Å². The van der Waals surface area contributed by atoms with Gasteiger partial charge in [-0.25, -0.2) is 9.78 Å². The van der Waals surface area contributed by atoms with Gasteiger partial charge < -0.3 is 14.2 Å². The summed E-state index contributed by atoms with van der Waals surface area (Å²) in [6, 6.07) is 28.5. The monoisotopic (exact) mass is 492 g/mol. The molecular weight excluding hydrogens is 476 g/mol. The molecule has 0 saturated carbocycles. The molecule has 6 aromatic rings. The van der Waals surface area contributed by atoms with Crippen LogP contribution in [0.15, 0.2) is 111 Å². The van der Waals surface area contributed by atoms with E-state index in [9.17, 15) is 9.59 Å². The predicted molar refractivity (Wildman–Crippen MR) is 140 cm³/mol. The molecular formula is C29H17ClN2O4. The normalized spacial score (nSPS) is 11.1. The van der Waals surface area contributed by atoms with Crippen LogP contribution in [0.1, 0.15) is 10.4 Å². The zero-order chi connectivity index (χ0) is 24.6. The van der Waals surface area contributed by atoms with Crippen molar-refractivity contribution in [2.75, 3.05) is 5.32 Å². The van der Waals surface area contributed by atoms with Gasteiger partial charge in [-0.05, 0) is 60.2 Å². The minimum absolute atomic E-state index is 0.290. The zero-order valence-electron chi connectivity index (χ0n) is 18.7. The highest BCUT2D eigenvalue weighted by molar-refractivity contribution is 6.33. The number of para-hydroxylation sites is 1. The van der Waals surface area contributed by atoms with Crippen LogP contribution in [0.25, 0.3) is 44.7 Å². The number of oxazole rings is 1. The molecule has 6 nitrogen and oxygen atoms in total. The third-order valence-electron chi connectivity index (χ3n) is 5.85. The highest BCUT2D eigenvalue weighted by Crippen LogP contribution is 2.31. The van der Waals surface area contributed by atoms with Crippen molar-refractivity contribution in [3.63, 3.8) is 0 Å². The predicted octanol–water partition coefficient (Wildman–Crippen LogP) is 7.17. The van der Waals surface area contributed by atoms with Crippen LogP contribution in [-0.2, 0) is 0 Å². The molecule has 1 N–H and O–H groups in total. The van der Waals surface area contributed by atoms with Crippen molar-refractivity contribution in [1.82, 2.24) is 4.98 Å². The van der Waals surface area contributed by atoms with Gasteiger partial charge in [-0.1, -0.05) is 54.1 Å². The van der Waals surface area contributed by atoms with E-state index in [1.807, 2.05) is 36.4 Å². The Hall–Kier alpha value is -4.68. The lowest BCUT2D eigenvalue weighted by Crippen LogP contribution is -2.11. The molecule has 0 fully saturated rings. The van der Waals surface area contributed by atoms with Gasteiger partial charge in [0.15, 0.2) is 5.58 Å². The van der Waals surface area contributed by atoms with Gasteiger partial charge in [0.25, 0.3) is 5.91 Å². The Morgan fingerprint density at radius 3 is 2.39 bits per heavy atom. The maximum Gasteiger partial charge on any atom is 0.344 e. The number of nitrogens with zero attached hydrogens (tertiary/aromatic N) is 1. The molecule has 4 aromatic carbocycles. The number of hydrogen-bond donors (Lipinski definition) is 1. The average Bonchev–Trinajstić information content (AvgIpc) is 3.32. The number of carbonyl (C=O) groups excluding carboxylic acids is 1. The number of nitrogens with one attached hydrogen (secondary N) is 1. The molecule has 2 aromatic heterocycles. The Morgan fingerprint density at radius 2 is 1.56 bits per heavy atom. The van der Waals surface area contributed by atoms with Crippen molar-refractivity contribution in [3.8, 4) is 22.6 Å². The summed E-state index contributed by atoms with van der Waals surface area (Å²) in [5.74, 6) is 0.120. The smallest absolute Gasteiger partial charge is 0.344 e. The number of fused-ring (bicyclic) bond motifs is 2. The molecule has 0 aliphatic carbocycles. The first-order valence-corrected chi connectivity index (χ1v) is 11.5. The fourth-order valence-electron chi connectivity index (χ4n) is 4.02. The summed E-state index contributed by atoms with van der Waals surface area (Å²) >= 11 is 6.26. The summed E-state index contributed by atoms with van der Waals surface area (Å²) in [5, 5.41) is 4.25. The molecule has 0 spiro atoms. The molecule has 0 saturated heterocycles. The second kappa shape index (κ2) is 8.83. The van der Waals surface area contributed by atoms with Crippen molar-refractivity contribution in [1.29, 1.82) is 0 Å². The summed E-state index contributed by atoms with van der Waals surface area (Å²) < 4.78 is 11.2. The van der Waals surface area contributed by atoms with Crippen LogP contribution in [0.2, 0.25) is 5.02 Å². The van der Waals surface area contributed by atoms with E-state index in [0.29, 0.717) is 55.5 Å². The summed E-state index contributed by atoms with van der Waals surface area (Å²) in [5.41, 5.74) is 4.11. The third-order valence-corrected chi connectivity index (χ3v) is 6.18. The lowest BCUT2D eigenvalue weighted by atomic mass is 10.0. The summed E-state index contributed by atoms with van der Waals surface area (Å²) in [6.45, 7) is 0. The minimum Gasteiger partial charge on any atom is -0.436 e. The van der Waals surface area contributed by atoms with E-state index in [2.05, 4.69) is 10.3 Å². The Kier molecular flexibility index (Phi) is 5.36. The topological polar surface area (TPSA) is 85.3 Å². The van der Waals surface area contributed by atoms with Gasteiger partial charge in [-0.3, -0.25) is 4.79 Å². The van der Waals surface area contributed by atoms with E-state index >= 15 is 0 Å². The van der Waals surface area contributed by atoms with Gasteiger partial charge in [0, 0.05) is 16.6 Å². The molecule has 36 heavy (non-hydrogen) atoms. The van der Waals surface area contributed by atoms with Crippen LogP contribution in [-0.4, -0.2) is 10.9 Å². The number of rotatable bonds is 4.